The molecule has 0 saturated heterocycles. The van der Waals surface area contributed by atoms with Crippen LogP contribution in [0.2, 0.25) is 0 Å². The molecule has 0 spiro atoms. The number of benzene rings is 1. The van der Waals surface area contributed by atoms with Gasteiger partial charge in [-0.05, 0) is 67.4 Å². The Morgan fingerprint density at radius 2 is 1.80 bits per heavy atom. The van der Waals surface area contributed by atoms with Crippen LogP contribution in [0.4, 0.5) is 5.69 Å². The highest BCUT2D eigenvalue weighted by molar-refractivity contribution is 9.09. The molecule has 8 heteroatoms. The molecule has 6 atom stereocenters. The molecule has 0 N–H and O–H groups in total. The summed E-state index contributed by atoms with van der Waals surface area (Å²) in [6.07, 6.45) is 4.15. The molecule has 0 aromatic heterocycles. The Labute approximate surface area is 155 Å². The molecule has 4 saturated carbocycles. The van der Waals surface area contributed by atoms with Gasteiger partial charge in [-0.1, -0.05) is 15.9 Å². The van der Waals surface area contributed by atoms with Crippen molar-refractivity contribution in [3.05, 3.63) is 34.4 Å². The number of nitrogens with zero attached hydrogens (tertiary/aromatic N) is 1. The van der Waals surface area contributed by atoms with Crippen LogP contribution in [-0.2, 0) is 14.3 Å². The summed E-state index contributed by atoms with van der Waals surface area (Å²) in [4.78, 5) is 10.2. The lowest BCUT2D eigenvalue weighted by Gasteiger charge is -2.57. The second-order valence-corrected chi connectivity index (χ2v) is 9.80. The predicted octanol–water partition coefficient (Wildman–Crippen LogP) is 3.75. The Morgan fingerprint density at radius 1 is 1.12 bits per heavy atom. The smallest absolute Gasteiger partial charge is 0.262 e. The minimum absolute atomic E-state index is 0.0118. The predicted molar refractivity (Wildman–Crippen MR) is 94.9 cm³/mol. The molecular formula is C17H20BrNO5S. The summed E-state index contributed by atoms with van der Waals surface area (Å²) in [5.41, 5.74) is -0.132. The minimum atomic E-state index is -3.92. The topological polar surface area (TPSA) is 86.5 Å². The maximum Gasteiger partial charge on any atom is 0.297 e. The van der Waals surface area contributed by atoms with E-state index in [2.05, 4.69) is 15.9 Å². The molecule has 0 radical (unpaired) electrons. The molecule has 4 aliphatic carbocycles. The van der Waals surface area contributed by atoms with Gasteiger partial charge in [0.15, 0.2) is 0 Å². The summed E-state index contributed by atoms with van der Waals surface area (Å²) in [6, 6.07) is 4.92. The van der Waals surface area contributed by atoms with E-state index < -0.39 is 15.0 Å². The van der Waals surface area contributed by atoms with Crippen molar-refractivity contribution in [3.63, 3.8) is 0 Å². The first kappa shape index (κ1) is 17.4. The van der Waals surface area contributed by atoms with Crippen molar-refractivity contribution in [2.24, 2.45) is 29.6 Å². The van der Waals surface area contributed by atoms with Gasteiger partial charge in [0, 0.05) is 17.5 Å². The lowest BCUT2D eigenvalue weighted by molar-refractivity contribution is -0.384. The van der Waals surface area contributed by atoms with E-state index in [1.54, 1.807) is 0 Å². The molecule has 0 amide bonds. The summed E-state index contributed by atoms with van der Waals surface area (Å²) < 4.78 is 31.1. The standard InChI is InChI=1S/C17H20BrNO5S/c18-9-16-11-5-10-6-12(8-11)17(15(16)7-10)24-25(22,23)14-3-1-13(2-4-14)19(20)21/h1-4,10-12,15-17H,5-9H2/t10-,11-,12+,15-,16+,17+/m0/s1. The first-order chi connectivity index (χ1) is 11.9. The largest absolute Gasteiger partial charge is 0.297 e. The Hall–Kier alpha value is -0.990. The van der Waals surface area contributed by atoms with E-state index in [1.165, 1.54) is 30.7 Å². The molecule has 4 fully saturated rings. The zero-order valence-electron chi connectivity index (χ0n) is 13.6. The molecule has 1 aromatic carbocycles. The number of rotatable bonds is 5. The normalized spacial score (nSPS) is 36.5. The van der Waals surface area contributed by atoms with Crippen molar-refractivity contribution in [1.82, 2.24) is 0 Å². The molecule has 25 heavy (non-hydrogen) atoms. The van der Waals surface area contributed by atoms with Crippen LogP contribution in [0.3, 0.4) is 0 Å². The molecule has 6 nitrogen and oxygen atoms in total. The third-order valence-electron chi connectivity index (χ3n) is 6.28. The van der Waals surface area contributed by atoms with Crippen molar-refractivity contribution in [1.29, 1.82) is 0 Å². The Morgan fingerprint density at radius 3 is 2.44 bits per heavy atom. The molecule has 0 aliphatic heterocycles. The molecule has 1 aromatic rings. The van der Waals surface area contributed by atoms with Crippen molar-refractivity contribution >= 4 is 31.7 Å². The van der Waals surface area contributed by atoms with Crippen LogP contribution in [0.15, 0.2) is 29.2 Å². The summed E-state index contributed by atoms with van der Waals surface area (Å²) >= 11 is 3.61. The quantitative estimate of drug-likeness (QED) is 0.307. The van der Waals surface area contributed by atoms with Gasteiger partial charge in [-0.25, -0.2) is 0 Å². The van der Waals surface area contributed by atoms with Gasteiger partial charge in [0.05, 0.1) is 15.9 Å². The van der Waals surface area contributed by atoms with Crippen LogP contribution in [0, 0.1) is 39.7 Å². The second-order valence-electron chi connectivity index (χ2n) is 7.58. The molecule has 0 unspecified atom stereocenters. The minimum Gasteiger partial charge on any atom is -0.262 e. The number of nitro groups is 1. The zero-order chi connectivity index (χ0) is 17.8. The average molecular weight is 430 g/mol. The van der Waals surface area contributed by atoms with E-state index in [1.807, 2.05) is 0 Å². The van der Waals surface area contributed by atoms with Gasteiger partial charge < -0.3 is 0 Å². The number of hydrogen-bond acceptors (Lipinski definition) is 5. The highest BCUT2D eigenvalue weighted by Crippen LogP contribution is 2.58. The third-order valence-corrected chi connectivity index (χ3v) is 8.35. The maximum absolute atomic E-state index is 12.7. The van der Waals surface area contributed by atoms with E-state index in [9.17, 15) is 18.5 Å². The number of halogens is 1. The van der Waals surface area contributed by atoms with Crippen LogP contribution in [0.25, 0.3) is 0 Å². The van der Waals surface area contributed by atoms with Gasteiger partial charge in [-0.3, -0.25) is 14.3 Å². The van der Waals surface area contributed by atoms with E-state index in [-0.39, 0.29) is 22.6 Å². The molecule has 0 heterocycles. The van der Waals surface area contributed by atoms with Crippen molar-refractivity contribution in [3.8, 4) is 0 Å². The van der Waals surface area contributed by atoms with E-state index in [0.29, 0.717) is 23.7 Å². The fourth-order valence-corrected chi connectivity index (χ4v) is 7.49. The fourth-order valence-electron chi connectivity index (χ4n) is 5.31. The van der Waals surface area contributed by atoms with E-state index >= 15 is 0 Å². The average Bonchev–Trinajstić information content (AvgIpc) is 2.58. The Balaban J connectivity index is 1.57. The fraction of sp³-hybridized carbons (Fsp3) is 0.647. The number of non-ortho nitro benzene ring substituents is 1. The van der Waals surface area contributed by atoms with Crippen molar-refractivity contribution < 1.29 is 17.5 Å². The maximum atomic E-state index is 12.7. The summed E-state index contributed by atoms with van der Waals surface area (Å²) in [6.45, 7) is 0. The Kier molecular flexibility index (Phi) is 4.40. The zero-order valence-corrected chi connectivity index (χ0v) is 16.0. The Bertz CT molecular complexity index is 781. The van der Waals surface area contributed by atoms with Gasteiger partial charge in [-0.2, -0.15) is 8.42 Å². The van der Waals surface area contributed by atoms with Crippen molar-refractivity contribution in [2.45, 2.75) is 36.7 Å². The van der Waals surface area contributed by atoms with Crippen LogP contribution < -0.4 is 0 Å². The molecule has 136 valence electrons. The van der Waals surface area contributed by atoms with Crippen molar-refractivity contribution in [2.75, 3.05) is 5.33 Å². The van der Waals surface area contributed by atoms with Crippen LogP contribution in [0.1, 0.15) is 25.7 Å². The lowest BCUT2D eigenvalue weighted by atomic mass is 9.51. The number of nitro benzene ring substituents is 1. The van der Waals surface area contributed by atoms with Gasteiger partial charge in [0.25, 0.3) is 15.8 Å². The first-order valence-corrected chi connectivity index (χ1v) is 11.2. The first-order valence-electron chi connectivity index (χ1n) is 8.62. The molecule has 4 aliphatic rings. The highest BCUT2D eigenvalue weighted by Gasteiger charge is 2.54. The molecular weight excluding hydrogens is 410 g/mol. The lowest BCUT2D eigenvalue weighted by Crippen LogP contribution is -2.55. The monoisotopic (exact) mass is 429 g/mol. The number of hydrogen-bond donors (Lipinski definition) is 0. The second kappa shape index (κ2) is 6.32. The van der Waals surface area contributed by atoms with Gasteiger partial charge in [0.2, 0.25) is 0 Å². The van der Waals surface area contributed by atoms with Crippen LogP contribution >= 0.6 is 15.9 Å². The molecule has 5 rings (SSSR count). The molecule has 4 bridgehead atoms. The summed E-state index contributed by atoms with van der Waals surface area (Å²) in [5, 5.41) is 11.6. The van der Waals surface area contributed by atoms with Gasteiger partial charge >= 0.3 is 0 Å². The van der Waals surface area contributed by atoms with E-state index in [0.717, 1.165) is 24.6 Å². The van der Waals surface area contributed by atoms with E-state index in [4.69, 9.17) is 4.18 Å². The van der Waals surface area contributed by atoms with Gasteiger partial charge in [0.1, 0.15) is 0 Å². The van der Waals surface area contributed by atoms with Crippen LogP contribution in [-0.4, -0.2) is 24.8 Å². The summed E-state index contributed by atoms with van der Waals surface area (Å²) in [5.74, 6) is 2.47. The highest BCUT2D eigenvalue weighted by atomic mass is 79.9. The van der Waals surface area contributed by atoms with Crippen LogP contribution in [0.5, 0.6) is 0 Å². The SMILES string of the molecule is O=[N+]([O-])c1ccc(S(=O)(=O)O[C@@H]2[C@@H]3C[C@@H]4C[C@@H](C3)[C@@H](CBr)[C@@H]2C4)cc1. The number of alkyl halides is 1. The third kappa shape index (κ3) is 3.02. The van der Waals surface area contributed by atoms with Gasteiger partial charge in [-0.15, -0.1) is 0 Å². The summed E-state index contributed by atoms with van der Waals surface area (Å²) in [7, 11) is -3.92.